The highest BCUT2D eigenvalue weighted by Crippen LogP contribution is 2.39. The van der Waals surface area contributed by atoms with Gasteiger partial charge in [-0.1, -0.05) is 6.07 Å². The summed E-state index contributed by atoms with van der Waals surface area (Å²) in [5, 5.41) is 11.6. The number of hydrogen-bond acceptors (Lipinski definition) is 8. The van der Waals surface area contributed by atoms with Gasteiger partial charge in [-0.25, -0.2) is 4.79 Å². The number of likely N-dealkylation sites (N-methyl/N-ethyl adjacent to an activating group) is 1. The summed E-state index contributed by atoms with van der Waals surface area (Å²) in [6, 6.07) is 10.1. The average Bonchev–Trinajstić information content (AvgIpc) is 3.18. The van der Waals surface area contributed by atoms with E-state index >= 15 is 0 Å². The molecule has 2 bridgehead atoms. The number of carbonyl (C=O) groups excluding carboxylic acids is 2. The summed E-state index contributed by atoms with van der Waals surface area (Å²) < 4.78 is 16.6. The zero-order chi connectivity index (χ0) is 28.2. The van der Waals surface area contributed by atoms with Crippen LogP contribution in [0.2, 0.25) is 0 Å². The Hall–Kier alpha value is -3.66. The second kappa shape index (κ2) is 12.0. The number of nitrogens with zero attached hydrogens (tertiary/aromatic N) is 4. The van der Waals surface area contributed by atoms with E-state index in [9.17, 15) is 9.59 Å². The Balaban J connectivity index is 1.47. The number of carbonyl (C=O) groups is 2. The highest BCUT2D eigenvalue weighted by molar-refractivity contribution is 5.91. The molecule has 2 aliphatic heterocycles. The van der Waals surface area contributed by atoms with Gasteiger partial charge in [0.1, 0.15) is 11.4 Å². The van der Waals surface area contributed by atoms with E-state index in [0.717, 1.165) is 42.6 Å². The molecule has 39 heavy (non-hydrogen) atoms. The molecule has 1 aromatic carbocycles. The van der Waals surface area contributed by atoms with Crippen molar-refractivity contribution in [3.63, 3.8) is 0 Å². The summed E-state index contributed by atoms with van der Waals surface area (Å²) in [5.74, 6) is 1.17. The minimum absolute atomic E-state index is 0.0776. The normalized spacial score (nSPS) is 20.7. The molecule has 2 aliphatic rings. The van der Waals surface area contributed by atoms with Crippen molar-refractivity contribution in [3.05, 3.63) is 42.0 Å². The molecule has 2 aromatic rings. The molecule has 0 radical (unpaired) electrons. The van der Waals surface area contributed by atoms with Crippen molar-refractivity contribution in [2.45, 2.75) is 70.2 Å². The van der Waals surface area contributed by atoms with Crippen molar-refractivity contribution in [2.75, 3.05) is 32.9 Å². The van der Waals surface area contributed by atoms with Crippen LogP contribution in [-0.2, 0) is 14.3 Å². The number of piperidine rings is 1. The zero-order valence-corrected chi connectivity index (χ0v) is 23.6. The van der Waals surface area contributed by atoms with E-state index in [-0.39, 0.29) is 36.9 Å². The fourth-order valence-corrected chi connectivity index (χ4v) is 5.27. The van der Waals surface area contributed by atoms with Crippen molar-refractivity contribution in [3.8, 4) is 17.0 Å². The van der Waals surface area contributed by atoms with Gasteiger partial charge < -0.3 is 29.3 Å². The maximum Gasteiger partial charge on any atom is 0.410 e. The van der Waals surface area contributed by atoms with Gasteiger partial charge in [-0.3, -0.25) is 4.79 Å². The molecule has 1 unspecified atom stereocenters. The Bertz CT molecular complexity index is 1180. The van der Waals surface area contributed by atoms with Gasteiger partial charge in [-0.05, 0) is 82.4 Å². The maximum atomic E-state index is 12.8. The molecule has 3 heterocycles. The highest BCUT2D eigenvalue weighted by Gasteiger charge is 2.46. The smallest absolute Gasteiger partial charge is 0.410 e. The number of aromatic nitrogens is 2. The number of benzene rings is 1. The molecular weight excluding hydrogens is 498 g/mol. The van der Waals surface area contributed by atoms with Gasteiger partial charge in [0.05, 0.1) is 5.69 Å². The van der Waals surface area contributed by atoms with Crippen molar-refractivity contribution < 1.29 is 23.8 Å². The van der Waals surface area contributed by atoms with Crippen molar-refractivity contribution >= 4 is 23.9 Å². The minimum Gasteiger partial charge on any atom is -0.467 e. The molecule has 2 amide bonds. The SMILES string of the molecule is CNC(=O)/C=C/c1ccc(-c2ccc(N(C)C3C[C@H]4CC[C@@H](C3)N4C(=O)OC(C)(C)C)nn2)c(OCOC)c1. The Morgan fingerprint density at radius 1 is 1.13 bits per heavy atom. The second-order valence-corrected chi connectivity index (χ2v) is 11.0. The van der Waals surface area contributed by atoms with Gasteiger partial charge in [0.2, 0.25) is 5.91 Å². The summed E-state index contributed by atoms with van der Waals surface area (Å²) in [7, 11) is 5.18. The zero-order valence-electron chi connectivity index (χ0n) is 23.6. The number of fused-ring (bicyclic) bond motifs is 2. The fraction of sp³-hybridized carbons (Fsp3) is 0.517. The predicted octanol–water partition coefficient (Wildman–Crippen LogP) is 4.25. The number of anilines is 1. The molecule has 0 saturated carbocycles. The molecule has 4 rings (SSSR count). The monoisotopic (exact) mass is 537 g/mol. The topological polar surface area (TPSA) is 106 Å². The van der Waals surface area contributed by atoms with Gasteiger partial charge in [0, 0.05) is 51.0 Å². The molecule has 210 valence electrons. The quantitative estimate of drug-likeness (QED) is 0.394. The molecule has 10 heteroatoms. The van der Waals surface area contributed by atoms with Crippen LogP contribution in [0.15, 0.2) is 36.4 Å². The third-order valence-corrected chi connectivity index (χ3v) is 7.16. The van der Waals surface area contributed by atoms with E-state index < -0.39 is 5.60 Å². The van der Waals surface area contributed by atoms with Gasteiger partial charge in [-0.15, -0.1) is 10.2 Å². The largest absolute Gasteiger partial charge is 0.467 e. The standard InChI is InChI=1S/C29H39N5O5/c1-29(2,3)39-28(36)34-20-9-10-21(34)17-22(16-20)33(5)26-13-12-24(31-32-26)23-11-7-19(8-14-27(35)30-4)15-25(23)38-18-37-6/h7-8,11-15,20-22H,9-10,16-18H2,1-6H3,(H,30,35)/b14-8+/t20-,21+,22?. The minimum atomic E-state index is -0.501. The van der Waals surface area contributed by atoms with Gasteiger partial charge in [-0.2, -0.15) is 0 Å². The van der Waals surface area contributed by atoms with E-state index in [1.54, 1.807) is 20.2 Å². The second-order valence-electron chi connectivity index (χ2n) is 11.0. The van der Waals surface area contributed by atoms with E-state index in [1.807, 2.05) is 63.1 Å². The molecule has 10 nitrogen and oxygen atoms in total. The number of hydrogen-bond donors (Lipinski definition) is 1. The molecule has 2 fully saturated rings. The number of ether oxygens (including phenoxy) is 3. The van der Waals surface area contributed by atoms with E-state index in [4.69, 9.17) is 14.2 Å². The molecule has 3 atom stereocenters. The van der Waals surface area contributed by atoms with Crippen molar-refractivity contribution in [1.82, 2.24) is 20.4 Å². The molecule has 0 aliphatic carbocycles. The summed E-state index contributed by atoms with van der Waals surface area (Å²) >= 11 is 0. The van der Waals surface area contributed by atoms with Crippen LogP contribution in [0.5, 0.6) is 5.75 Å². The van der Waals surface area contributed by atoms with Crippen molar-refractivity contribution in [2.24, 2.45) is 0 Å². The van der Waals surface area contributed by atoms with Crippen LogP contribution in [0, 0.1) is 0 Å². The Morgan fingerprint density at radius 3 is 2.44 bits per heavy atom. The molecule has 1 aromatic heterocycles. The number of methoxy groups -OCH3 is 1. The van der Waals surface area contributed by atoms with Crippen LogP contribution < -0.4 is 15.0 Å². The lowest BCUT2D eigenvalue weighted by atomic mass is 9.96. The average molecular weight is 538 g/mol. The summed E-state index contributed by atoms with van der Waals surface area (Å²) in [6.07, 6.45) is 6.71. The Labute approximate surface area is 230 Å². The molecule has 2 saturated heterocycles. The predicted molar refractivity (Wildman–Crippen MR) is 149 cm³/mol. The van der Waals surface area contributed by atoms with Crippen LogP contribution in [0.1, 0.15) is 52.0 Å². The lowest BCUT2D eigenvalue weighted by Crippen LogP contribution is -2.53. The highest BCUT2D eigenvalue weighted by atomic mass is 16.7. The lowest BCUT2D eigenvalue weighted by Gasteiger charge is -2.42. The van der Waals surface area contributed by atoms with E-state index in [2.05, 4.69) is 20.4 Å². The number of rotatable bonds is 8. The van der Waals surface area contributed by atoms with Gasteiger partial charge in [0.15, 0.2) is 12.6 Å². The van der Waals surface area contributed by atoms with Crippen LogP contribution in [0.3, 0.4) is 0 Å². The summed E-state index contributed by atoms with van der Waals surface area (Å²) in [4.78, 5) is 28.5. The first kappa shape index (κ1) is 28.4. The van der Waals surface area contributed by atoms with Crippen LogP contribution >= 0.6 is 0 Å². The van der Waals surface area contributed by atoms with Crippen LogP contribution in [0.25, 0.3) is 17.3 Å². The molecule has 1 N–H and O–H groups in total. The summed E-state index contributed by atoms with van der Waals surface area (Å²) in [6.45, 7) is 5.79. The first-order valence-corrected chi connectivity index (χ1v) is 13.3. The maximum absolute atomic E-state index is 12.8. The summed E-state index contributed by atoms with van der Waals surface area (Å²) in [5.41, 5.74) is 1.75. The van der Waals surface area contributed by atoms with Crippen LogP contribution in [-0.4, -0.2) is 78.8 Å². The first-order valence-electron chi connectivity index (χ1n) is 13.3. The van der Waals surface area contributed by atoms with Crippen molar-refractivity contribution in [1.29, 1.82) is 0 Å². The number of nitrogens with one attached hydrogen (secondary N) is 1. The molecular formula is C29H39N5O5. The van der Waals surface area contributed by atoms with E-state index in [1.165, 1.54) is 6.08 Å². The van der Waals surface area contributed by atoms with Gasteiger partial charge >= 0.3 is 6.09 Å². The Kier molecular flexibility index (Phi) is 8.74. The Morgan fingerprint density at radius 2 is 1.85 bits per heavy atom. The fourth-order valence-electron chi connectivity index (χ4n) is 5.27. The van der Waals surface area contributed by atoms with Crippen LogP contribution in [0.4, 0.5) is 10.6 Å². The third kappa shape index (κ3) is 6.86. The number of amides is 2. The molecule has 0 spiro atoms. The lowest BCUT2D eigenvalue weighted by molar-refractivity contribution is -0.116. The third-order valence-electron chi connectivity index (χ3n) is 7.16. The van der Waals surface area contributed by atoms with Gasteiger partial charge in [0.25, 0.3) is 0 Å². The van der Waals surface area contributed by atoms with E-state index in [0.29, 0.717) is 11.4 Å². The first-order chi connectivity index (χ1) is 18.6.